The number of amides is 1. The number of aromatic amines is 1. The second-order valence-corrected chi connectivity index (χ2v) is 8.39. The average Bonchev–Trinajstić information content (AvgIpc) is 3.40. The van der Waals surface area contributed by atoms with Crippen molar-refractivity contribution >= 4 is 28.5 Å². The first-order chi connectivity index (χ1) is 16.2. The number of pyridine rings is 2. The maximum Gasteiger partial charge on any atom is 0.225 e. The second-order valence-electron chi connectivity index (χ2n) is 8.00. The van der Waals surface area contributed by atoms with E-state index in [4.69, 9.17) is 16.6 Å². The van der Waals surface area contributed by atoms with Gasteiger partial charge in [0.1, 0.15) is 11.0 Å². The monoisotopic (exact) mass is 451 g/mol. The maximum atomic E-state index is 12.9. The number of halogens is 1. The standard InChI is InChI=1S/C26H18ClN5O/c27-22-9-8-15(13-29-22)12-23(33)32-25-17-5-2-1-4-16(17)24-18(25)6-3-7-19(24)26-30-20-10-11-28-14-21(20)31-26/h1-11,13-14,25H,12H2,(H,30,31)(H,32,33)/t25-/m1/s1. The number of hydrogen-bond donors (Lipinski definition) is 2. The summed E-state index contributed by atoms with van der Waals surface area (Å²) in [7, 11) is 0. The molecule has 3 heterocycles. The van der Waals surface area contributed by atoms with Gasteiger partial charge in [-0.05, 0) is 39.9 Å². The molecule has 2 aromatic carbocycles. The zero-order chi connectivity index (χ0) is 22.4. The highest BCUT2D eigenvalue weighted by Crippen LogP contribution is 2.47. The molecule has 1 atom stereocenters. The number of nitrogens with zero attached hydrogens (tertiary/aromatic N) is 3. The minimum Gasteiger partial charge on any atom is -0.345 e. The van der Waals surface area contributed by atoms with Crippen LogP contribution in [-0.4, -0.2) is 25.8 Å². The van der Waals surface area contributed by atoms with Crippen LogP contribution in [0.15, 0.2) is 79.3 Å². The van der Waals surface area contributed by atoms with Crippen molar-refractivity contribution in [3.8, 4) is 22.5 Å². The van der Waals surface area contributed by atoms with E-state index in [1.165, 1.54) is 0 Å². The number of aromatic nitrogens is 4. The molecule has 160 valence electrons. The van der Waals surface area contributed by atoms with Gasteiger partial charge >= 0.3 is 0 Å². The molecule has 0 saturated heterocycles. The predicted octanol–water partition coefficient (Wildman–Crippen LogP) is 5.10. The largest absolute Gasteiger partial charge is 0.345 e. The maximum absolute atomic E-state index is 12.9. The molecule has 1 aliphatic carbocycles. The fourth-order valence-corrected chi connectivity index (χ4v) is 4.61. The van der Waals surface area contributed by atoms with Crippen LogP contribution in [-0.2, 0) is 11.2 Å². The molecule has 0 spiro atoms. The lowest BCUT2D eigenvalue weighted by molar-refractivity contribution is -0.120. The molecule has 2 N–H and O–H groups in total. The number of rotatable bonds is 4. The molecule has 0 aliphatic heterocycles. The van der Waals surface area contributed by atoms with Crippen LogP contribution in [0.4, 0.5) is 0 Å². The third kappa shape index (κ3) is 3.45. The normalized spacial score (nSPS) is 14.2. The Bertz CT molecular complexity index is 1480. The van der Waals surface area contributed by atoms with E-state index >= 15 is 0 Å². The van der Waals surface area contributed by atoms with Crippen LogP contribution in [0.1, 0.15) is 22.7 Å². The summed E-state index contributed by atoms with van der Waals surface area (Å²) in [6, 6.07) is 19.5. The number of nitrogens with one attached hydrogen (secondary N) is 2. The Morgan fingerprint density at radius 1 is 0.970 bits per heavy atom. The Morgan fingerprint density at radius 3 is 2.67 bits per heavy atom. The molecule has 6 rings (SSSR count). The molecule has 0 bridgehead atoms. The minimum absolute atomic E-state index is 0.0769. The first-order valence-corrected chi connectivity index (χ1v) is 11.0. The summed E-state index contributed by atoms with van der Waals surface area (Å²) in [5.41, 5.74) is 7.86. The molecular weight excluding hydrogens is 434 g/mol. The van der Waals surface area contributed by atoms with Crippen molar-refractivity contribution in [1.82, 2.24) is 25.3 Å². The molecule has 0 saturated carbocycles. The predicted molar refractivity (Wildman–Crippen MR) is 128 cm³/mol. The second kappa shape index (κ2) is 7.83. The molecule has 0 unspecified atom stereocenters. The number of fused-ring (bicyclic) bond motifs is 4. The Labute approximate surface area is 194 Å². The third-order valence-electron chi connectivity index (χ3n) is 5.95. The first kappa shape index (κ1) is 19.6. The third-order valence-corrected chi connectivity index (χ3v) is 6.17. The van der Waals surface area contributed by atoms with E-state index in [1.807, 2.05) is 30.3 Å². The zero-order valence-electron chi connectivity index (χ0n) is 17.4. The van der Waals surface area contributed by atoms with Crippen LogP contribution >= 0.6 is 11.6 Å². The van der Waals surface area contributed by atoms with E-state index < -0.39 is 0 Å². The van der Waals surface area contributed by atoms with Crippen molar-refractivity contribution in [3.63, 3.8) is 0 Å². The van der Waals surface area contributed by atoms with Crippen molar-refractivity contribution < 1.29 is 4.79 Å². The molecule has 33 heavy (non-hydrogen) atoms. The number of benzene rings is 2. The number of hydrogen-bond acceptors (Lipinski definition) is 4. The summed E-state index contributed by atoms with van der Waals surface area (Å²) in [5, 5.41) is 3.63. The summed E-state index contributed by atoms with van der Waals surface area (Å²) in [6.07, 6.45) is 5.37. The van der Waals surface area contributed by atoms with Crippen LogP contribution in [0.5, 0.6) is 0 Å². The van der Waals surface area contributed by atoms with Gasteiger partial charge in [0.15, 0.2) is 0 Å². The molecule has 3 aromatic heterocycles. The molecule has 1 amide bonds. The topological polar surface area (TPSA) is 83.6 Å². The van der Waals surface area contributed by atoms with Crippen molar-refractivity contribution in [2.45, 2.75) is 12.5 Å². The molecule has 0 fully saturated rings. The first-order valence-electron chi connectivity index (χ1n) is 10.6. The van der Waals surface area contributed by atoms with Gasteiger partial charge in [0.25, 0.3) is 0 Å². The van der Waals surface area contributed by atoms with Crippen LogP contribution in [0.3, 0.4) is 0 Å². The highest BCUT2D eigenvalue weighted by molar-refractivity contribution is 6.29. The van der Waals surface area contributed by atoms with Gasteiger partial charge in [0, 0.05) is 18.0 Å². The number of H-pyrrole nitrogens is 1. The minimum atomic E-state index is -0.241. The quantitative estimate of drug-likeness (QED) is 0.372. The van der Waals surface area contributed by atoms with Crippen LogP contribution in [0.25, 0.3) is 33.5 Å². The van der Waals surface area contributed by atoms with E-state index in [9.17, 15) is 4.79 Å². The Hall–Kier alpha value is -4.03. The summed E-state index contributed by atoms with van der Waals surface area (Å²) >= 11 is 5.87. The molecule has 0 radical (unpaired) electrons. The fraction of sp³-hybridized carbons (Fsp3) is 0.0769. The SMILES string of the molecule is O=C(Cc1ccc(Cl)nc1)N[C@@H]1c2ccccc2-c2c(-c3nc4ccncc4[nH]3)cccc21. The average molecular weight is 452 g/mol. The van der Waals surface area contributed by atoms with Gasteiger partial charge in [0.2, 0.25) is 5.91 Å². The van der Waals surface area contributed by atoms with Gasteiger partial charge in [-0.2, -0.15) is 0 Å². The summed E-state index contributed by atoms with van der Waals surface area (Å²) in [6.45, 7) is 0. The van der Waals surface area contributed by atoms with E-state index in [-0.39, 0.29) is 18.4 Å². The Kier molecular flexibility index (Phi) is 4.66. The van der Waals surface area contributed by atoms with E-state index in [2.05, 4.69) is 44.5 Å². The highest BCUT2D eigenvalue weighted by Gasteiger charge is 2.32. The highest BCUT2D eigenvalue weighted by atomic mass is 35.5. The Balaban J connectivity index is 1.40. The van der Waals surface area contributed by atoms with Crippen LogP contribution < -0.4 is 5.32 Å². The molecule has 7 heteroatoms. The molecule has 5 aromatic rings. The van der Waals surface area contributed by atoms with Gasteiger partial charge in [-0.25, -0.2) is 9.97 Å². The smallest absolute Gasteiger partial charge is 0.225 e. The molecular formula is C26H18ClN5O. The van der Waals surface area contributed by atoms with Gasteiger partial charge in [-0.3, -0.25) is 9.78 Å². The zero-order valence-corrected chi connectivity index (χ0v) is 18.2. The summed E-state index contributed by atoms with van der Waals surface area (Å²) < 4.78 is 0. The lowest BCUT2D eigenvalue weighted by atomic mass is 9.98. The van der Waals surface area contributed by atoms with Crippen molar-refractivity contribution in [3.05, 3.63) is 101 Å². The lowest BCUT2D eigenvalue weighted by Gasteiger charge is -2.16. The van der Waals surface area contributed by atoms with Crippen molar-refractivity contribution in [2.75, 3.05) is 0 Å². The van der Waals surface area contributed by atoms with Gasteiger partial charge in [-0.1, -0.05) is 60.1 Å². The van der Waals surface area contributed by atoms with E-state index in [0.717, 1.165) is 50.2 Å². The van der Waals surface area contributed by atoms with Crippen LogP contribution in [0, 0.1) is 0 Å². The summed E-state index contributed by atoms with van der Waals surface area (Å²) in [5.74, 6) is 0.704. The lowest BCUT2D eigenvalue weighted by Crippen LogP contribution is -2.29. The van der Waals surface area contributed by atoms with Crippen molar-refractivity contribution in [2.24, 2.45) is 0 Å². The fourth-order valence-electron chi connectivity index (χ4n) is 4.50. The molecule has 1 aliphatic rings. The number of carbonyl (C=O) groups is 1. The van der Waals surface area contributed by atoms with Crippen molar-refractivity contribution in [1.29, 1.82) is 0 Å². The van der Waals surface area contributed by atoms with E-state index in [1.54, 1.807) is 24.7 Å². The molecule has 6 nitrogen and oxygen atoms in total. The summed E-state index contributed by atoms with van der Waals surface area (Å²) in [4.78, 5) is 29.4. The van der Waals surface area contributed by atoms with E-state index in [0.29, 0.717) is 5.15 Å². The van der Waals surface area contributed by atoms with Gasteiger partial charge in [-0.15, -0.1) is 0 Å². The van der Waals surface area contributed by atoms with Crippen LogP contribution in [0.2, 0.25) is 5.15 Å². The number of carbonyl (C=O) groups excluding carboxylic acids is 1. The Morgan fingerprint density at radius 2 is 1.82 bits per heavy atom. The van der Waals surface area contributed by atoms with Gasteiger partial charge < -0.3 is 10.3 Å². The number of imidazole rings is 1. The van der Waals surface area contributed by atoms with Gasteiger partial charge in [0.05, 0.1) is 29.7 Å².